The Morgan fingerprint density at radius 3 is 2.52 bits per heavy atom. The molecule has 1 fully saturated rings. The highest BCUT2D eigenvalue weighted by molar-refractivity contribution is 5.80. The molecule has 0 aliphatic carbocycles. The van der Waals surface area contributed by atoms with E-state index in [-0.39, 0.29) is 0 Å². The molecule has 0 spiro atoms. The molecule has 0 aromatic heterocycles. The first-order valence-corrected chi connectivity index (χ1v) is 10.8. The van der Waals surface area contributed by atoms with Gasteiger partial charge in [0.25, 0.3) is 0 Å². The zero-order chi connectivity index (χ0) is 20.3. The van der Waals surface area contributed by atoms with E-state index in [0.717, 1.165) is 56.3 Å². The van der Waals surface area contributed by atoms with Crippen molar-refractivity contribution in [1.82, 2.24) is 15.5 Å². The Balaban J connectivity index is 1.50. The monoisotopic (exact) mass is 394 g/mol. The molecule has 0 bridgehead atoms. The van der Waals surface area contributed by atoms with E-state index in [0.29, 0.717) is 19.2 Å². The standard InChI is InChI=1S/C24H34N4O/c1-3-25-24(26-18-21-11-8-12-23(17-21)29-4-2)27-22-13-15-28(16-14-22)19-20-9-6-5-7-10-20/h5-12,17,22H,3-4,13-16,18-19H2,1-2H3,(H2,25,26,27). The third kappa shape index (κ3) is 7.09. The van der Waals surface area contributed by atoms with Gasteiger partial charge in [0.05, 0.1) is 13.2 Å². The molecule has 2 N–H and O–H groups in total. The lowest BCUT2D eigenvalue weighted by Crippen LogP contribution is -2.48. The molecule has 1 saturated heterocycles. The van der Waals surface area contributed by atoms with E-state index in [9.17, 15) is 0 Å². The van der Waals surface area contributed by atoms with Gasteiger partial charge in [0.2, 0.25) is 0 Å². The van der Waals surface area contributed by atoms with Gasteiger partial charge >= 0.3 is 0 Å². The van der Waals surface area contributed by atoms with Gasteiger partial charge in [0, 0.05) is 32.2 Å². The topological polar surface area (TPSA) is 48.9 Å². The van der Waals surface area contributed by atoms with Crippen molar-refractivity contribution >= 4 is 5.96 Å². The minimum Gasteiger partial charge on any atom is -0.494 e. The van der Waals surface area contributed by atoms with Gasteiger partial charge in [0.1, 0.15) is 5.75 Å². The molecule has 1 aliphatic rings. The number of nitrogens with one attached hydrogen (secondary N) is 2. The third-order valence-corrected chi connectivity index (χ3v) is 5.15. The number of piperidine rings is 1. The summed E-state index contributed by atoms with van der Waals surface area (Å²) in [5, 5.41) is 7.02. The number of rotatable bonds is 8. The van der Waals surface area contributed by atoms with Gasteiger partial charge in [-0.1, -0.05) is 42.5 Å². The molecule has 5 nitrogen and oxygen atoms in total. The second-order valence-corrected chi connectivity index (χ2v) is 7.46. The van der Waals surface area contributed by atoms with Crippen LogP contribution in [0, 0.1) is 0 Å². The summed E-state index contributed by atoms with van der Waals surface area (Å²) in [4.78, 5) is 7.33. The molecule has 2 aromatic rings. The van der Waals surface area contributed by atoms with Crippen molar-refractivity contribution < 1.29 is 4.74 Å². The fraction of sp³-hybridized carbons (Fsp3) is 0.458. The van der Waals surface area contributed by atoms with Gasteiger partial charge < -0.3 is 15.4 Å². The molecule has 0 radical (unpaired) electrons. The number of hydrogen-bond donors (Lipinski definition) is 2. The van der Waals surface area contributed by atoms with Crippen LogP contribution in [-0.4, -0.2) is 43.1 Å². The van der Waals surface area contributed by atoms with Gasteiger partial charge in [-0.15, -0.1) is 0 Å². The summed E-state index contributed by atoms with van der Waals surface area (Å²) in [6, 6.07) is 19.4. The van der Waals surface area contributed by atoms with E-state index in [1.54, 1.807) is 0 Å². The summed E-state index contributed by atoms with van der Waals surface area (Å²) in [6.45, 7) is 9.56. The van der Waals surface area contributed by atoms with Gasteiger partial charge in [0.15, 0.2) is 5.96 Å². The maximum Gasteiger partial charge on any atom is 0.191 e. The molecule has 0 saturated carbocycles. The van der Waals surface area contributed by atoms with Crippen molar-refractivity contribution in [3.8, 4) is 5.75 Å². The van der Waals surface area contributed by atoms with Crippen molar-refractivity contribution in [2.24, 2.45) is 4.99 Å². The van der Waals surface area contributed by atoms with Gasteiger partial charge in [-0.25, -0.2) is 4.99 Å². The molecule has 1 heterocycles. The van der Waals surface area contributed by atoms with E-state index in [1.807, 2.05) is 19.1 Å². The van der Waals surface area contributed by atoms with Crippen molar-refractivity contribution in [3.05, 3.63) is 65.7 Å². The van der Waals surface area contributed by atoms with Crippen LogP contribution in [0.15, 0.2) is 59.6 Å². The van der Waals surface area contributed by atoms with Crippen molar-refractivity contribution in [2.75, 3.05) is 26.2 Å². The number of guanidine groups is 1. The second kappa shape index (κ2) is 11.5. The minimum absolute atomic E-state index is 0.467. The van der Waals surface area contributed by atoms with E-state index in [2.05, 4.69) is 64.9 Å². The molecular formula is C24H34N4O. The van der Waals surface area contributed by atoms with E-state index >= 15 is 0 Å². The van der Waals surface area contributed by atoms with Gasteiger partial charge in [-0.2, -0.15) is 0 Å². The number of nitrogens with zero attached hydrogens (tertiary/aromatic N) is 2. The summed E-state index contributed by atoms with van der Waals surface area (Å²) >= 11 is 0. The minimum atomic E-state index is 0.467. The fourth-order valence-corrected chi connectivity index (χ4v) is 3.66. The molecule has 0 atom stereocenters. The van der Waals surface area contributed by atoms with Crippen molar-refractivity contribution in [3.63, 3.8) is 0 Å². The van der Waals surface area contributed by atoms with Crippen molar-refractivity contribution in [2.45, 2.75) is 45.8 Å². The largest absolute Gasteiger partial charge is 0.494 e. The third-order valence-electron chi connectivity index (χ3n) is 5.15. The molecule has 0 amide bonds. The summed E-state index contributed by atoms with van der Waals surface area (Å²) in [5.74, 6) is 1.81. The van der Waals surface area contributed by atoms with E-state index in [4.69, 9.17) is 9.73 Å². The predicted octanol–water partition coefficient (Wildman–Crippen LogP) is 3.81. The zero-order valence-corrected chi connectivity index (χ0v) is 17.7. The Hall–Kier alpha value is -2.53. The summed E-state index contributed by atoms with van der Waals surface area (Å²) in [6.07, 6.45) is 2.27. The summed E-state index contributed by atoms with van der Waals surface area (Å²) < 4.78 is 5.59. The maximum atomic E-state index is 5.59. The van der Waals surface area contributed by atoms with Gasteiger partial charge in [-0.05, 0) is 49.9 Å². The van der Waals surface area contributed by atoms with Crippen LogP contribution in [0.5, 0.6) is 5.75 Å². The number of likely N-dealkylation sites (tertiary alicyclic amines) is 1. The molecule has 0 unspecified atom stereocenters. The first-order valence-electron chi connectivity index (χ1n) is 10.8. The summed E-state index contributed by atoms with van der Waals surface area (Å²) in [7, 11) is 0. The Morgan fingerprint density at radius 1 is 1.03 bits per heavy atom. The highest BCUT2D eigenvalue weighted by Gasteiger charge is 2.20. The zero-order valence-electron chi connectivity index (χ0n) is 17.7. The lowest BCUT2D eigenvalue weighted by atomic mass is 10.0. The number of hydrogen-bond acceptors (Lipinski definition) is 3. The van der Waals surface area contributed by atoms with Crippen LogP contribution in [0.1, 0.15) is 37.8 Å². The average Bonchev–Trinajstić information content (AvgIpc) is 2.75. The first kappa shape index (κ1) is 21.2. The smallest absolute Gasteiger partial charge is 0.191 e. The van der Waals surface area contributed by atoms with E-state index < -0.39 is 0 Å². The predicted molar refractivity (Wildman–Crippen MR) is 120 cm³/mol. The Labute approximate surface area is 175 Å². The molecule has 29 heavy (non-hydrogen) atoms. The molecule has 3 rings (SSSR count). The van der Waals surface area contributed by atoms with Gasteiger partial charge in [-0.3, -0.25) is 4.90 Å². The van der Waals surface area contributed by atoms with Crippen LogP contribution in [0.4, 0.5) is 0 Å². The molecule has 2 aromatic carbocycles. The lowest BCUT2D eigenvalue weighted by Gasteiger charge is -2.33. The molecule has 1 aliphatic heterocycles. The van der Waals surface area contributed by atoms with Crippen molar-refractivity contribution in [1.29, 1.82) is 0 Å². The normalized spacial score (nSPS) is 15.9. The van der Waals surface area contributed by atoms with Crippen LogP contribution in [0.3, 0.4) is 0 Å². The lowest BCUT2D eigenvalue weighted by molar-refractivity contribution is 0.198. The number of aliphatic imine (C=N–C) groups is 1. The van der Waals surface area contributed by atoms with E-state index in [1.165, 1.54) is 5.56 Å². The Bertz CT molecular complexity index is 754. The highest BCUT2D eigenvalue weighted by atomic mass is 16.5. The van der Waals surface area contributed by atoms with Crippen LogP contribution in [0.2, 0.25) is 0 Å². The average molecular weight is 395 g/mol. The molecule has 156 valence electrons. The Morgan fingerprint density at radius 2 is 1.79 bits per heavy atom. The second-order valence-electron chi connectivity index (χ2n) is 7.46. The van der Waals surface area contributed by atoms with Crippen LogP contribution in [0.25, 0.3) is 0 Å². The first-order chi connectivity index (χ1) is 14.3. The summed E-state index contributed by atoms with van der Waals surface area (Å²) in [5.41, 5.74) is 2.55. The SMILES string of the molecule is CCNC(=NCc1cccc(OCC)c1)NC1CCN(Cc2ccccc2)CC1. The fourth-order valence-electron chi connectivity index (χ4n) is 3.66. The molecular weight excluding hydrogens is 360 g/mol. The quantitative estimate of drug-likeness (QED) is 0.528. The van der Waals surface area contributed by atoms with Crippen LogP contribution >= 0.6 is 0 Å². The molecule has 5 heteroatoms. The number of ether oxygens (including phenoxy) is 1. The maximum absolute atomic E-state index is 5.59. The number of benzene rings is 2. The van der Waals surface area contributed by atoms with Crippen LogP contribution < -0.4 is 15.4 Å². The highest BCUT2D eigenvalue weighted by Crippen LogP contribution is 2.15. The van der Waals surface area contributed by atoms with Crippen LogP contribution in [-0.2, 0) is 13.1 Å². The Kier molecular flexibility index (Phi) is 8.38.